The van der Waals surface area contributed by atoms with Gasteiger partial charge in [0.2, 0.25) is 0 Å². The standard InChI is InChI=1S/C70H136O17P2/c1-9-61(6)47-39-31-22-16-12-14-18-25-34-42-50-67(72)80-56-65(86-69(74)52-44-36-26-19-15-13-17-23-32-40-48-62(7)10-2)58-84-88(76,77)82-54-64(71)55-83-89(78,79)85-59-66(57-81-68(73)51-43-35-29-28-30-38-46-60(4)5)87-70(75)53-45-37-27-21-20-24-33-41-49-63(8)11-3/h60-66,71H,9-59H2,1-8H3,(H,76,77)(H,78,79)/t61?,62?,63?,64-,65-,66-/m1/s1. The van der Waals surface area contributed by atoms with Crippen LogP contribution in [-0.2, 0) is 65.4 Å². The molecular formula is C70H136O17P2. The summed E-state index contributed by atoms with van der Waals surface area (Å²) in [5.41, 5.74) is 0. The lowest BCUT2D eigenvalue weighted by Crippen LogP contribution is -2.30. The van der Waals surface area contributed by atoms with E-state index in [4.69, 9.17) is 37.0 Å². The van der Waals surface area contributed by atoms with Gasteiger partial charge in [-0.05, 0) is 49.4 Å². The highest BCUT2D eigenvalue weighted by atomic mass is 31.2. The summed E-state index contributed by atoms with van der Waals surface area (Å²) in [5.74, 6) is 0.930. The zero-order valence-electron chi connectivity index (χ0n) is 58.1. The lowest BCUT2D eigenvalue weighted by atomic mass is 9.99. The van der Waals surface area contributed by atoms with Crippen LogP contribution < -0.4 is 0 Å². The lowest BCUT2D eigenvalue weighted by molar-refractivity contribution is -0.161. The molecule has 0 aliphatic rings. The first kappa shape index (κ1) is 87.1. The molecule has 0 spiro atoms. The van der Waals surface area contributed by atoms with E-state index in [0.717, 1.165) is 114 Å². The molecule has 0 rings (SSSR count). The van der Waals surface area contributed by atoms with Crippen LogP contribution in [0.25, 0.3) is 0 Å². The molecule has 0 aromatic carbocycles. The second kappa shape index (κ2) is 59.8. The third-order valence-electron chi connectivity index (χ3n) is 17.2. The summed E-state index contributed by atoms with van der Waals surface area (Å²) in [6.45, 7) is 14.1. The molecule has 0 heterocycles. The number of hydrogen-bond donors (Lipinski definition) is 3. The molecule has 0 saturated heterocycles. The van der Waals surface area contributed by atoms with Crippen molar-refractivity contribution < 1.29 is 80.2 Å². The van der Waals surface area contributed by atoms with Crippen LogP contribution >= 0.6 is 15.6 Å². The van der Waals surface area contributed by atoms with Crippen molar-refractivity contribution in [2.45, 2.75) is 363 Å². The zero-order chi connectivity index (χ0) is 66.1. The molecule has 5 unspecified atom stereocenters. The Hall–Kier alpha value is -1.94. The Morgan fingerprint density at radius 1 is 0.315 bits per heavy atom. The number of unbranched alkanes of at least 4 members (excludes halogenated alkanes) is 30. The molecule has 19 heteroatoms. The highest BCUT2D eigenvalue weighted by Crippen LogP contribution is 2.45. The molecule has 0 aromatic rings. The van der Waals surface area contributed by atoms with Crippen LogP contribution in [0.2, 0.25) is 0 Å². The Kier molecular flexibility index (Phi) is 58.5. The van der Waals surface area contributed by atoms with E-state index in [1.807, 2.05) is 0 Å². The molecule has 0 fully saturated rings. The first-order valence-electron chi connectivity index (χ1n) is 36.3. The number of carbonyl (C=O) groups is 4. The van der Waals surface area contributed by atoms with E-state index in [-0.39, 0.29) is 25.7 Å². The van der Waals surface area contributed by atoms with Gasteiger partial charge in [0.05, 0.1) is 26.4 Å². The molecule has 17 nitrogen and oxygen atoms in total. The summed E-state index contributed by atoms with van der Waals surface area (Å²) in [6.07, 6.45) is 41.6. The van der Waals surface area contributed by atoms with Crippen LogP contribution in [0.15, 0.2) is 0 Å². The van der Waals surface area contributed by atoms with Gasteiger partial charge in [-0.25, -0.2) is 9.13 Å². The summed E-state index contributed by atoms with van der Waals surface area (Å²) in [6, 6.07) is 0. The SMILES string of the molecule is CCC(C)CCCCCCCCCCCCC(=O)OC[C@H](COP(=O)(O)OC[C@@H](O)COP(=O)(O)OC[C@@H](COC(=O)CCCCCCCCC(C)C)OC(=O)CCCCCCCCCCC(C)CC)OC(=O)CCCCCCCCCCCCC(C)CC. The van der Waals surface area contributed by atoms with Gasteiger partial charge in [-0.15, -0.1) is 0 Å². The molecule has 528 valence electrons. The van der Waals surface area contributed by atoms with Gasteiger partial charge < -0.3 is 33.8 Å². The predicted molar refractivity (Wildman–Crippen MR) is 358 cm³/mol. The number of ether oxygens (including phenoxy) is 4. The van der Waals surface area contributed by atoms with Crippen molar-refractivity contribution in [2.24, 2.45) is 23.7 Å². The first-order chi connectivity index (χ1) is 42.7. The van der Waals surface area contributed by atoms with E-state index in [1.165, 1.54) is 141 Å². The maximum Gasteiger partial charge on any atom is 0.472 e. The summed E-state index contributed by atoms with van der Waals surface area (Å²) in [7, 11) is -9.90. The van der Waals surface area contributed by atoms with Crippen LogP contribution in [-0.4, -0.2) is 96.7 Å². The minimum absolute atomic E-state index is 0.103. The van der Waals surface area contributed by atoms with E-state index < -0.39 is 97.5 Å². The number of rotatable bonds is 67. The quantitative estimate of drug-likeness (QED) is 0.0222. The number of aliphatic hydroxyl groups is 1. The van der Waals surface area contributed by atoms with Gasteiger partial charge in [0.1, 0.15) is 19.3 Å². The van der Waals surface area contributed by atoms with Gasteiger partial charge in [0, 0.05) is 25.7 Å². The number of phosphoric ester groups is 2. The van der Waals surface area contributed by atoms with Crippen LogP contribution in [0.4, 0.5) is 0 Å². The van der Waals surface area contributed by atoms with Gasteiger partial charge in [-0.3, -0.25) is 37.3 Å². The molecule has 8 atom stereocenters. The third kappa shape index (κ3) is 60.7. The second-order valence-corrected chi connectivity index (χ2v) is 29.4. The van der Waals surface area contributed by atoms with Crippen LogP contribution in [0.5, 0.6) is 0 Å². The minimum atomic E-state index is -4.95. The normalized spacial score (nSPS) is 15.2. The number of hydrogen-bond acceptors (Lipinski definition) is 15. The van der Waals surface area contributed by atoms with E-state index in [2.05, 4.69) is 55.4 Å². The highest BCUT2D eigenvalue weighted by Gasteiger charge is 2.30. The maximum absolute atomic E-state index is 13.0. The molecule has 0 saturated carbocycles. The summed E-state index contributed by atoms with van der Waals surface area (Å²) in [4.78, 5) is 72.5. The zero-order valence-corrected chi connectivity index (χ0v) is 59.8. The first-order valence-corrected chi connectivity index (χ1v) is 39.3. The van der Waals surface area contributed by atoms with E-state index in [9.17, 15) is 43.2 Å². The van der Waals surface area contributed by atoms with Crippen molar-refractivity contribution in [3.05, 3.63) is 0 Å². The monoisotopic (exact) mass is 1310 g/mol. The van der Waals surface area contributed by atoms with Crippen molar-refractivity contribution in [1.82, 2.24) is 0 Å². The molecule has 0 aromatic heterocycles. The smallest absolute Gasteiger partial charge is 0.462 e. The van der Waals surface area contributed by atoms with Crippen LogP contribution in [0.1, 0.15) is 344 Å². The van der Waals surface area contributed by atoms with Gasteiger partial charge >= 0.3 is 39.5 Å². The van der Waals surface area contributed by atoms with Crippen molar-refractivity contribution in [1.29, 1.82) is 0 Å². The Balaban J connectivity index is 5.27. The maximum atomic E-state index is 13.0. The van der Waals surface area contributed by atoms with Crippen molar-refractivity contribution in [3.63, 3.8) is 0 Å². The molecule has 0 radical (unpaired) electrons. The van der Waals surface area contributed by atoms with Crippen molar-refractivity contribution in [2.75, 3.05) is 39.6 Å². The van der Waals surface area contributed by atoms with Crippen LogP contribution in [0.3, 0.4) is 0 Å². The fourth-order valence-corrected chi connectivity index (χ4v) is 12.0. The fraction of sp³-hybridized carbons (Fsp3) is 0.943. The molecule has 0 amide bonds. The van der Waals surface area contributed by atoms with E-state index in [0.29, 0.717) is 31.6 Å². The Morgan fingerprint density at radius 3 is 0.798 bits per heavy atom. The Bertz CT molecular complexity index is 1770. The summed E-state index contributed by atoms with van der Waals surface area (Å²) < 4.78 is 68.3. The molecule has 3 N–H and O–H groups in total. The van der Waals surface area contributed by atoms with Gasteiger partial charge in [0.15, 0.2) is 12.2 Å². The van der Waals surface area contributed by atoms with E-state index in [1.54, 1.807) is 0 Å². The number of aliphatic hydroxyl groups excluding tert-OH is 1. The molecule has 0 aliphatic heterocycles. The summed E-state index contributed by atoms with van der Waals surface area (Å²) >= 11 is 0. The Morgan fingerprint density at radius 2 is 0.539 bits per heavy atom. The topological polar surface area (TPSA) is 237 Å². The largest absolute Gasteiger partial charge is 0.472 e. The average Bonchev–Trinajstić information content (AvgIpc) is 3.70. The second-order valence-electron chi connectivity index (χ2n) is 26.5. The minimum Gasteiger partial charge on any atom is -0.462 e. The molecular weight excluding hydrogens is 1170 g/mol. The Labute approximate surface area is 543 Å². The van der Waals surface area contributed by atoms with Gasteiger partial charge in [0.25, 0.3) is 0 Å². The molecule has 0 aliphatic carbocycles. The number of esters is 4. The molecule has 0 bridgehead atoms. The average molecular weight is 1310 g/mol. The molecule has 89 heavy (non-hydrogen) atoms. The third-order valence-corrected chi connectivity index (χ3v) is 19.1. The summed E-state index contributed by atoms with van der Waals surface area (Å²) in [5, 5.41) is 10.6. The number of phosphoric acid groups is 2. The van der Waals surface area contributed by atoms with E-state index >= 15 is 0 Å². The van der Waals surface area contributed by atoms with Gasteiger partial charge in [-0.1, -0.05) is 293 Å². The van der Waals surface area contributed by atoms with Crippen molar-refractivity contribution >= 4 is 39.5 Å². The fourth-order valence-electron chi connectivity index (χ4n) is 10.4. The van der Waals surface area contributed by atoms with Crippen LogP contribution in [0, 0.1) is 23.7 Å². The highest BCUT2D eigenvalue weighted by molar-refractivity contribution is 7.47. The lowest BCUT2D eigenvalue weighted by Gasteiger charge is -2.21. The van der Waals surface area contributed by atoms with Gasteiger partial charge in [-0.2, -0.15) is 0 Å². The number of carbonyl (C=O) groups excluding carboxylic acids is 4. The van der Waals surface area contributed by atoms with Crippen molar-refractivity contribution in [3.8, 4) is 0 Å². The predicted octanol–water partition coefficient (Wildman–Crippen LogP) is 19.7.